The summed E-state index contributed by atoms with van der Waals surface area (Å²) >= 11 is 0. The fourth-order valence-corrected chi connectivity index (χ4v) is 1.70. The first kappa shape index (κ1) is 17.9. The van der Waals surface area contributed by atoms with Gasteiger partial charge in [-0.25, -0.2) is 0 Å². The van der Waals surface area contributed by atoms with Crippen LogP contribution in [-0.2, 0) is 14.3 Å². The van der Waals surface area contributed by atoms with Crippen molar-refractivity contribution in [3.63, 3.8) is 0 Å². The minimum absolute atomic E-state index is 0. The fourth-order valence-electron chi connectivity index (χ4n) is 1.70. The molecule has 0 aliphatic rings. The van der Waals surface area contributed by atoms with E-state index in [4.69, 9.17) is 4.74 Å². The maximum absolute atomic E-state index is 11.2. The van der Waals surface area contributed by atoms with Gasteiger partial charge < -0.3 is 15.4 Å². The molecule has 0 radical (unpaired) electrons. The first-order valence-corrected chi connectivity index (χ1v) is 7.25. The van der Waals surface area contributed by atoms with Gasteiger partial charge in [0.05, 0.1) is 0 Å². The van der Waals surface area contributed by atoms with Crippen molar-refractivity contribution >= 4 is 11.8 Å². The highest BCUT2D eigenvalue weighted by Gasteiger charge is 1.99. The number of rotatable bonds is 12. The van der Waals surface area contributed by atoms with Crippen molar-refractivity contribution in [2.45, 2.75) is 52.4 Å². The summed E-state index contributed by atoms with van der Waals surface area (Å²) in [5, 5.41) is 5.62. The molecule has 0 bridgehead atoms. The van der Waals surface area contributed by atoms with Crippen LogP contribution in [0.1, 0.15) is 55.2 Å². The van der Waals surface area contributed by atoms with Crippen molar-refractivity contribution in [3.8, 4) is 0 Å². The molecule has 5 nitrogen and oxygen atoms in total. The van der Waals surface area contributed by atoms with Crippen molar-refractivity contribution < 1.29 is 17.2 Å². The summed E-state index contributed by atoms with van der Waals surface area (Å²) in [6.07, 6.45) is 6.72. The maximum atomic E-state index is 11.2. The molecule has 0 heterocycles. The van der Waals surface area contributed by atoms with Gasteiger partial charge in [0.1, 0.15) is 6.61 Å². The lowest BCUT2D eigenvalue weighted by Gasteiger charge is -2.05. The van der Waals surface area contributed by atoms with E-state index in [-0.39, 0.29) is 21.3 Å². The van der Waals surface area contributed by atoms with Crippen LogP contribution in [0.15, 0.2) is 0 Å². The molecular formula is C14H32N2O3. The average Bonchev–Trinajstić information content (AvgIpc) is 2.38. The summed E-state index contributed by atoms with van der Waals surface area (Å²) in [5.41, 5.74) is 0. The molecule has 0 aliphatic carbocycles. The molecule has 0 aliphatic heterocycles. The van der Waals surface area contributed by atoms with Gasteiger partial charge in [0.15, 0.2) is 0 Å². The average molecular weight is 276 g/mol. The lowest BCUT2D eigenvalue weighted by atomic mass is 10.1. The number of amides is 2. The van der Waals surface area contributed by atoms with E-state index in [2.05, 4.69) is 10.6 Å². The Morgan fingerprint density at radius 2 is 1.47 bits per heavy atom. The quantitative estimate of drug-likeness (QED) is 0.536. The molecular weight excluding hydrogens is 244 g/mol. The minimum atomic E-state index is -0.0304. The standard InChI is InChI=1S/C14H28N2O3.2H2/c1-3-19-12-14(18)16-11-9-7-5-4-6-8-10-15-13(2)17;;/h3-12H2,1-2H3,(H,15,17)(H,16,18);2*1H. The zero-order valence-electron chi connectivity index (χ0n) is 12.3. The Bertz CT molecular complexity index is 254. The molecule has 0 aromatic rings. The summed E-state index contributed by atoms with van der Waals surface area (Å²) in [6.45, 7) is 5.67. The van der Waals surface area contributed by atoms with Crippen molar-refractivity contribution in [3.05, 3.63) is 0 Å². The number of hydrogen-bond donors (Lipinski definition) is 2. The van der Waals surface area contributed by atoms with E-state index in [0.717, 1.165) is 38.8 Å². The fraction of sp³-hybridized carbons (Fsp3) is 0.857. The van der Waals surface area contributed by atoms with Gasteiger partial charge in [-0.1, -0.05) is 25.7 Å². The van der Waals surface area contributed by atoms with E-state index in [1.807, 2.05) is 6.92 Å². The second kappa shape index (κ2) is 13.3. The van der Waals surface area contributed by atoms with Gasteiger partial charge in [-0.2, -0.15) is 0 Å². The number of ether oxygens (including phenoxy) is 1. The third kappa shape index (κ3) is 14.8. The summed E-state index contributed by atoms with van der Waals surface area (Å²) < 4.78 is 5.00. The van der Waals surface area contributed by atoms with E-state index < -0.39 is 0 Å². The van der Waals surface area contributed by atoms with Crippen LogP contribution >= 0.6 is 0 Å². The predicted molar refractivity (Wildman–Crippen MR) is 80.1 cm³/mol. The van der Waals surface area contributed by atoms with Crippen LogP contribution in [0.5, 0.6) is 0 Å². The molecule has 19 heavy (non-hydrogen) atoms. The van der Waals surface area contributed by atoms with Crippen molar-refractivity contribution in [1.29, 1.82) is 0 Å². The van der Waals surface area contributed by atoms with Gasteiger partial charge in [-0.05, 0) is 19.8 Å². The zero-order valence-corrected chi connectivity index (χ0v) is 12.3. The molecule has 0 aromatic carbocycles. The number of unbranched alkanes of at least 4 members (excludes halogenated alkanes) is 5. The van der Waals surface area contributed by atoms with E-state index >= 15 is 0 Å². The normalized spacial score (nSPS) is 10.2. The van der Waals surface area contributed by atoms with Gasteiger partial charge in [-0.15, -0.1) is 0 Å². The predicted octanol–water partition coefficient (Wildman–Crippen LogP) is 2.11. The van der Waals surface area contributed by atoms with Gasteiger partial charge in [-0.3, -0.25) is 9.59 Å². The zero-order chi connectivity index (χ0) is 14.3. The molecule has 0 spiro atoms. The molecule has 0 rings (SSSR count). The van der Waals surface area contributed by atoms with Gasteiger partial charge in [0.25, 0.3) is 0 Å². The molecule has 0 saturated carbocycles. The summed E-state index contributed by atoms with van der Waals surface area (Å²) in [7, 11) is 0. The summed E-state index contributed by atoms with van der Waals surface area (Å²) in [4.78, 5) is 21.8. The smallest absolute Gasteiger partial charge is 0.245 e. The Labute approximate surface area is 119 Å². The number of hydrogen-bond acceptors (Lipinski definition) is 3. The SMILES string of the molecule is CCOCC(=O)NCCCCCCCCNC(C)=O.[HH].[HH]. The summed E-state index contributed by atoms with van der Waals surface area (Å²) in [6, 6.07) is 0. The van der Waals surface area contributed by atoms with Crippen LogP contribution in [0.25, 0.3) is 0 Å². The molecule has 0 unspecified atom stereocenters. The molecule has 5 heteroatoms. The van der Waals surface area contributed by atoms with E-state index in [0.29, 0.717) is 6.61 Å². The Morgan fingerprint density at radius 3 is 2.00 bits per heavy atom. The highest BCUT2D eigenvalue weighted by Crippen LogP contribution is 2.04. The van der Waals surface area contributed by atoms with Crippen molar-refractivity contribution in [2.24, 2.45) is 0 Å². The highest BCUT2D eigenvalue weighted by molar-refractivity contribution is 5.77. The largest absolute Gasteiger partial charge is 0.372 e. The van der Waals surface area contributed by atoms with E-state index in [1.165, 1.54) is 12.8 Å². The van der Waals surface area contributed by atoms with Gasteiger partial charge >= 0.3 is 0 Å². The van der Waals surface area contributed by atoms with Crippen molar-refractivity contribution in [2.75, 3.05) is 26.3 Å². The van der Waals surface area contributed by atoms with Gasteiger partial charge in [0, 0.05) is 29.5 Å². The molecule has 0 saturated heterocycles. The lowest BCUT2D eigenvalue weighted by molar-refractivity contribution is -0.125. The van der Waals surface area contributed by atoms with Crippen LogP contribution in [0.3, 0.4) is 0 Å². The number of carbonyl (C=O) groups is 2. The molecule has 0 atom stereocenters. The maximum Gasteiger partial charge on any atom is 0.245 e. The number of carbonyl (C=O) groups excluding carboxylic acids is 2. The van der Waals surface area contributed by atoms with Crippen LogP contribution in [0, 0.1) is 0 Å². The molecule has 2 N–H and O–H groups in total. The minimum Gasteiger partial charge on any atom is -0.372 e. The third-order valence-electron chi connectivity index (χ3n) is 2.74. The first-order valence-electron chi connectivity index (χ1n) is 7.25. The van der Waals surface area contributed by atoms with E-state index in [1.54, 1.807) is 6.92 Å². The summed E-state index contributed by atoms with van der Waals surface area (Å²) in [5.74, 6) is 0.0138. The molecule has 2 amide bonds. The van der Waals surface area contributed by atoms with Crippen LogP contribution in [0.2, 0.25) is 0 Å². The first-order chi connectivity index (χ1) is 9.16. The second-order valence-electron chi connectivity index (χ2n) is 4.59. The van der Waals surface area contributed by atoms with E-state index in [9.17, 15) is 9.59 Å². The highest BCUT2D eigenvalue weighted by atomic mass is 16.5. The Kier molecular flexibility index (Phi) is 12.6. The second-order valence-corrected chi connectivity index (χ2v) is 4.59. The van der Waals surface area contributed by atoms with Crippen LogP contribution < -0.4 is 10.6 Å². The number of nitrogens with one attached hydrogen (secondary N) is 2. The molecule has 0 fully saturated rings. The van der Waals surface area contributed by atoms with Gasteiger partial charge in [0.2, 0.25) is 11.8 Å². The lowest BCUT2D eigenvalue weighted by Crippen LogP contribution is -2.28. The Balaban J connectivity index is -0.00000162. The Hall–Kier alpha value is -1.10. The Morgan fingerprint density at radius 1 is 0.947 bits per heavy atom. The third-order valence-corrected chi connectivity index (χ3v) is 2.74. The monoisotopic (exact) mass is 276 g/mol. The topological polar surface area (TPSA) is 67.4 Å². The molecule has 0 aromatic heterocycles. The van der Waals surface area contributed by atoms with Crippen LogP contribution in [0.4, 0.5) is 0 Å². The molecule has 116 valence electrons. The van der Waals surface area contributed by atoms with Crippen molar-refractivity contribution in [1.82, 2.24) is 10.6 Å². The van der Waals surface area contributed by atoms with Crippen LogP contribution in [-0.4, -0.2) is 38.1 Å².